The number of para-hydroxylation sites is 1. The fraction of sp³-hybridized carbons (Fsp3) is 0.387. The number of carboxylic acids is 1. The second-order valence-electron chi connectivity index (χ2n) is 10.6. The lowest BCUT2D eigenvalue weighted by Crippen LogP contribution is -2.32. The zero-order valence-corrected chi connectivity index (χ0v) is 22.8. The van der Waals surface area contributed by atoms with Crippen molar-refractivity contribution >= 4 is 17.0 Å². The van der Waals surface area contributed by atoms with Crippen molar-refractivity contribution in [3.8, 4) is 5.75 Å². The number of hydrogen-bond acceptors (Lipinski definition) is 5. The van der Waals surface area contributed by atoms with E-state index >= 15 is 0 Å². The normalized spacial score (nSPS) is 17.4. The van der Waals surface area contributed by atoms with E-state index in [-0.39, 0.29) is 12.0 Å². The van der Waals surface area contributed by atoms with Gasteiger partial charge in [-0.15, -0.1) is 5.10 Å². The molecule has 0 aliphatic carbocycles. The van der Waals surface area contributed by atoms with E-state index < -0.39 is 11.9 Å². The van der Waals surface area contributed by atoms with Gasteiger partial charge in [-0.05, 0) is 60.2 Å². The molecule has 0 bridgehead atoms. The maximum atomic E-state index is 12.3. The van der Waals surface area contributed by atoms with E-state index in [0.717, 1.165) is 59.5 Å². The van der Waals surface area contributed by atoms with Gasteiger partial charge in [-0.2, -0.15) is 0 Å². The largest absolute Gasteiger partial charge is 0.489 e. The Labute approximate surface area is 224 Å². The first kappa shape index (κ1) is 25.9. The molecule has 2 heterocycles. The Balaban J connectivity index is 1.53. The van der Waals surface area contributed by atoms with Crippen LogP contribution in [0.15, 0.2) is 54.6 Å². The molecule has 1 aromatic heterocycles. The number of aliphatic carboxylic acids is 1. The second-order valence-corrected chi connectivity index (χ2v) is 10.6. The van der Waals surface area contributed by atoms with Crippen LogP contribution >= 0.6 is 0 Å². The molecule has 0 radical (unpaired) electrons. The van der Waals surface area contributed by atoms with E-state index in [1.54, 1.807) is 11.6 Å². The minimum Gasteiger partial charge on any atom is -0.489 e. The van der Waals surface area contributed by atoms with Crippen LogP contribution in [0.25, 0.3) is 11.0 Å². The van der Waals surface area contributed by atoms with Gasteiger partial charge in [0.25, 0.3) is 0 Å². The van der Waals surface area contributed by atoms with Gasteiger partial charge in [0.05, 0.1) is 11.4 Å². The summed E-state index contributed by atoms with van der Waals surface area (Å²) in [6.07, 6.45) is 1.06. The van der Waals surface area contributed by atoms with E-state index in [9.17, 15) is 9.90 Å². The molecule has 198 valence electrons. The highest BCUT2D eigenvalue weighted by molar-refractivity contribution is 5.80. The van der Waals surface area contributed by atoms with E-state index in [1.165, 1.54) is 16.7 Å². The van der Waals surface area contributed by atoms with Crippen molar-refractivity contribution in [2.45, 2.75) is 59.2 Å². The van der Waals surface area contributed by atoms with Gasteiger partial charge in [0.15, 0.2) is 0 Å². The number of ether oxygens (including phenoxy) is 1. The van der Waals surface area contributed by atoms with Gasteiger partial charge < -0.3 is 9.84 Å². The predicted octanol–water partition coefficient (Wildman–Crippen LogP) is 5.61. The second kappa shape index (κ2) is 10.6. The Bertz CT molecular complexity index is 1480. The average molecular weight is 513 g/mol. The fourth-order valence-electron chi connectivity index (χ4n) is 5.65. The van der Waals surface area contributed by atoms with Crippen molar-refractivity contribution in [1.29, 1.82) is 0 Å². The van der Waals surface area contributed by atoms with Crippen molar-refractivity contribution in [1.82, 2.24) is 19.9 Å². The molecule has 0 amide bonds. The van der Waals surface area contributed by atoms with Crippen LogP contribution in [0.4, 0.5) is 0 Å². The van der Waals surface area contributed by atoms with Gasteiger partial charge in [-0.1, -0.05) is 61.5 Å². The summed E-state index contributed by atoms with van der Waals surface area (Å²) < 4.78 is 8.06. The Morgan fingerprint density at radius 3 is 2.71 bits per heavy atom. The summed E-state index contributed by atoms with van der Waals surface area (Å²) in [5.74, 6) is -0.767. The number of carboxylic acid groups (broad SMARTS) is 1. The monoisotopic (exact) mass is 512 g/mol. The summed E-state index contributed by atoms with van der Waals surface area (Å²) in [4.78, 5) is 14.7. The third-order valence-corrected chi connectivity index (χ3v) is 8.01. The Morgan fingerprint density at radius 2 is 1.95 bits per heavy atom. The summed E-state index contributed by atoms with van der Waals surface area (Å²) in [6, 6.07) is 18.7. The summed E-state index contributed by atoms with van der Waals surface area (Å²) >= 11 is 0. The van der Waals surface area contributed by atoms with Gasteiger partial charge in [-0.25, -0.2) is 4.68 Å². The summed E-state index contributed by atoms with van der Waals surface area (Å²) in [7, 11) is 1.87. The number of nitrogens with zero attached hydrogens (tertiary/aromatic N) is 4. The Hall–Kier alpha value is -3.71. The third kappa shape index (κ3) is 4.90. The molecular formula is C31H36N4O3. The van der Waals surface area contributed by atoms with Gasteiger partial charge in [0, 0.05) is 38.2 Å². The van der Waals surface area contributed by atoms with Gasteiger partial charge >= 0.3 is 5.97 Å². The highest BCUT2D eigenvalue weighted by Gasteiger charge is 2.30. The van der Waals surface area contributed by atoms with Crippen molar-refractivity contribution in [2.24, 2.45) is 13.0 Å². The maximum Gasteiger partial charge on any atom is 0.307 e. The first-order chi connectivity index (χ1) is 18.3. The molecule has 1 N–H and O–H groups in total. The van der Waals surface area contributed by atoms with Crippen LogP contribution in [0.5, 0.6) is 5.75 Å². The van der Waals surface area contributed by atoms with E-state index in [4.69, 9.17) is 4.74 Å². The minimum absolute atomic E-state index is 0.128. The molecule has 1 aliphatic heterocycles. The number of rotatable bonds is 7. The highest BCUT2D eigenvalue weighted by Crippen LogP contribution is 2.37. The van der Waals surface area contributed by atoms with E-state index in [0.29, 0.717) is 0 Å². The lowest BCUT2D eigenvalue weighted by molar-refractivity contribution is -0.141. The molecule has 1 aliphatic rings. The fourth-order valence-corrected chi connectivity index (χ4v) is 5.65. The zero-order chi connectivity index (χ0) is 27.0. The topological polar surface area (TPSA) is 80.5 Å². The number of benzene rings is 3. The summed E-state index contributed by atoms with van der Waals surface area (Å²) in [5.41, 5.74) is 8.31. The maximum absolute atomic E-state index is 12.3. The van der Waals surface area contributed by atoms with Crippen LogP contribution in [0.3, 0.4) is 0 Å². The SMILES string of the molecule is CC[C@@H]1CN(Cc2cc(C(c3ccc4c(nnn4C)c3C)[C@H](C)C(=O)O)ccc2C)Cc2ccccc2O1. The molecule has 0 saturated carbocycles. The Morgan fingerprint density at radius 1 is 1.16 bits per heavy atom. The standard InChI is InChI=1S/C31H36N4O3/c1-6-25-18-35(16-23-9-7-8-10-28(23)38-25)17-24-15-22(12-11-19(24)2)29(21(4)31(36)37)26-13-14-27-30(20(26)3)32-33-34(27)5/h7-15,21,25,29H,6,16-18H2,1-5H3,(H,36,37)/t21-,25+,29?/m0/s1. The minimum atomic E-state index is -0.817. The number of carbonyl (C=O) groups is 1. The number of aryl methyl sites for hydroxylation is 3. The molecular weight excluding hydrogens is 476 g/mol. The molecule has 5 rings (SSSR count). The molecule has 0 fully saturated rings. The smallest absolute Gasteiger partial charge is 0.307 e. The van der Waals surface area contributed by atoms with Crippen LogP contribution < -0.4 is 4.74 Å². The average Bonchev–Trinajstić information content (AvgIpc) is 3.18. The van der Waals surface area contributed by atoms with Crippen molar-refractivity contribution in [2.75, 3.05) is 6.54 Å². The van der Waals surface area contributed by atoms with Gasteiger partial charge in [-0.3, -0.25) is 9.69 Å². The molecule has 0 spiro atoms. The Kier molecular flexibility index (Phi) is 7.21. The first-order valence-corrected chi connectivity index (χ1v) is 13.3. The van der Waals surface area contributed by atoms with Crippen molar-refractivity contribution < 1.29 is 14.6 Å². The van der Waals surface area contributed by atoms with Gasteiger partial charge in [0.2, 0.25) is 0 Å². The molecule has 0 saturated heterocycles. The molecule has 1 unspecified atom stereocenters. The lowest BCUT2D eigenvalue weighted by Gasteiger charge is -2.27. The predicted molar refractivity (Wildman–Crippen MR) is 148 cm³/mol. The summed E-state index contributed by atoms with van der Waals surface area (Å²) in [6.45, 7) is 10.5. The quantitative estimate of drug-likeness (QED) is 0.347. The molecule has 7 nitrogen and oxygen atoms in total. The molecule has 38 heavy (non-hydrogen) atoms. The van der Waals surface area contributed by atoms with Crippen LogP contribution in [0, 0.1) is 19.8 Å². The molecule has 3 aromatic carbocycles. The number of hydrogen-bond donors (Lipinski definition) is 1. The van der Waals surface area contributed by atoms with Crippen LogP contribution in [0.2, 0.25) is 0 Å². The van der Waals surface area contributed by atoms with Crippen molar-refractivity contribution in [3.63, 3.8) is 0 Å². The van der Waals surface area contributed by atoms with Gasteiger partial charge in [0.1, 0.15) is 17.4 Å². The van der Waals surface area contributed by atoms with Crippen molar-refractivity contribution in [3.05, 3.63) is 88.0 Å². The zero-order valence-electron chi connectivity index (χ0n) is 22.8. The van der Waals surface area contributed by atoms with E-state index in [2.05, 4.69) is 65.5 Å². The van der Waals surface area contributed by atoms with E-state index in [1.807, 2.05) is 32.2 Å². The first-order valence-electron chi connectivity index (χ1n) is 13.3. The summed E-state index contributed by atoms with van der Waals surface area (Å²) in [5, 5.41) is 18.6. The number of fused-ring (bicyclic) bond motifs is 2. The molecule has 3 atom stereocenters. The molecule has 4 aromatic rings. The lowest BCUT2D eigenvalue weighted by atomic mass is 9.79. The molecule has 7 heteroatoms. The number of aromatic nitrogens is 3. The van der Waals surface area contributed by atoms with Crippen LogP contribution in [-0.4, -0.2) is 43.6 Å². The van der Waals surface area contributed by atoms with Crippen LogP contribution in [-0.2, 0) is 24.9 Å². The third-order valence-electron chi connectivity index (χ3n) is 8.01. The van der Waals surface area contributed by atoms with Crippen LogP contribution in [0.1, 0.15) is 59.6 Å². The highest BCUT2D eigenvalue weighted by atomic mass is 16.5.